The second-order valence-corrected chi connectivity index (χ2v) is 12.5. The molecule has 2 rings (SSSR count). The van der Waals surface area contributed by atoms with Crippen LogP contribution in [0.2, 0.25) is 0 Å². The van der Waals surface area contributed by atoms with E-state index in [2.05, 4.69) is 10.6 Å². The van der Waals surface area contributed by atoms with Gasteiger partial charge in [-0.05, 0) is 57.0 Å². The highest BCUT2D eigenvalue weighted by Crippen LogP contribution is 2.16. The van der Waals surface area contributed by atoms with Crippen LogP contribution in [0.5, 0.6) is 0 Å². The van der Waals surface area contributed by atoms with Gasteiger partial charge in [-0.1, -0.05) is 36.4 Å². The molecule has 0 saturated heterocycles. The van der Waals surface area contributed by atoms with Gasteiger partial charge in [0.05, 0.1) is 12.9 Å². The van der Waals surface area contributed by atoms with Crippen molar-refractivity contribution in [3.05, 3.63) is 58.3 Å². The Kier molecular flexibility index (Phi) is 11.7. The van der Waals surface area contributed by atoms with Crippen molar-refractivity contribution >= 4 is 33.5 Å². The highest BCUT2D eigenvalue weighted by molar-refractivity contribution is 7.88. The highest BCUT2D eigenvalue weighted by Gasteiger charge is 2.25. The molecule has 0 unspecified atom stereocenters. The van der Waals surface area contributed by atoms with Gasteiger partial charge in [0, 0.05) is 30.6 Å². The van der Waals surface area contributed by atoms with Gasteiger partial charge < -0.3 is 20.1 Å². The molecule has 0 fully saturated rings. The minimum Gasteiger partial charge on any atom is -0.450 e. The van der Waals surface area contributed by atoms with Crippen molar-refractivity contribution in [2.24, 2.45) is 0 Å². The highest BCUT2D eigenvalue weighted by atomic mass is 32.2. The first-order valence-corrected chi connectivity index (χ1v) is 14.6. The van der Waals surface area contributed by atoms with E-state index < -0.39 is 33.9 Å². The molecule has 2 N–H and O–H groups in total. The first-order chi connectivity index (χ1) is 16.9. The largest absolute Gasteiger partial charge is 0.450 e. The van der Waals surface area contributed by atoms with Crippen LogP contribution in [0.3, 0.4) is 0 Å². The summed E-state index contributed by atoms with van der Waals surface area (Å²) in [7, 11) is -3.51. The second-order valence-electron chi connectivity index (χ2n) is 9.45. The number of hydrogen-bond donors (Lipinski definition) is 2. The summed E-state index contributed by atoms with van der Waals surface area (Å²) >= 11 is 1.47. The summed E-state index contributed by atoms with van der Waals surface area (Å²) in [6, 6.07) is 12.8. The number of carbonyl (C=O) groups is 2. The van der Waals surface area contributed by atoms with E-state index in [-0.39, 0.29) is 19.7 Å². The fourth-order valence-electron chi connectivity index (χ4n) is 3.30. The maximum Gasteiger partial charge on any atom is 0.407 e. The van der Waals surface area contributed by atoms with Gasteiger partial charge in [-0.15, -0.1) is 11.3 Å². The molecule has 200 valence electrons. The van der Waals surface area contributed by atoms with Crippen LogP contribution in [0.4, 0.5) is 9.59 Å². The number of carbonyl (C=O) groups excluding carboxylic acids is 2. The Balaban J connectivity index is 1.87. The Morgan fingerprint density at radius 2 is 1.78 bits per heavy atom. The number of thiophene rings is 1. The monoisotopic (exact) mass is 539 g/mol. The maximum absolute atomic E-state index is 12.4. The van der Waals surface area contributed by atoms with E-state index in [1.807, 2.05) is 47.8 Å². The number of hydrogen-bond acceptors (Lipinski definition) is 7. The molecule has 0 bridgehead atoms. The number of nitrogens with one attached hydrogen (secondary N) is 2. The lowest BCUT2D eigenvalue weighted by atomic mass is 10.1. The molecule has 1 aromatic heterocycles. The van der Waals surface area contributed by atoms with E-state index in [0.717, 1.165) is 16.7 Å². The molecule has 2 amide bonds. The fraction of sp³-hybridized carbons (Fsp3) is 0.520. The lowest BCUT2D eigenvalue weighted by Crippen LogP contribution is -2.46. The zero-order valence-corrected chi connectivity index (χ0v) is 23.0. The molecule has 0 aliphatic rings. The molecule has 1 aromatic carbocycles. The molecule has 0 saturated carbocycles. The summed E-state index contributed by atoms with van der Waals surface area (Å²) in [5, 5.41) is 7.40. The van der Waals surface area contributed by atoms with Crippen molar-refractivity contribution in [2.75, 3.05) is 19.4 Å². The number of benzene rings is 1. The molecular weight excluding hydrogens is 502 g/mol. The van der Waals surface area contributed by atoms with Crippen LogP contribution < -0.4 is 10.6 Å². The van der Waals surface area contributed by atoms with E-state index in [0.29, 0.717) is 25.8 Å². The quantitative estimate of drug-likeness (QED) is 0.362. The molecule has 0 radical (unpaired) electrons. The summed E-state index contributed by atoms with van der Waals surface area (Å²) in [4.78, 5) is 25.2. The Morgan fingerprint density at radius 3 is 2.39 bits per heavy atom. The SMILES string of the molecule is CC(C)(C)OC(=O)N[C@@H](CCCCOC(=O)NCc1ccccc1)CN(Cc1cccs1)S(C)(=O)=O. The van der Waals surface area contributed by atoms with E-state index in [4.69, 9.17) is 9.47 Å². The average Bonchev–Trinajstić information content (AvgIpc) is 3.29. The average molecular weight is 540 g/mol. The van der Waals surface area contributed by atoms with Gasteiger partial charge in [0.1, 0.15) is 5.60 Å². The Morgan fingerprint density at radius 1 is 1.06 bits per heavy atom. The minimum atomic E-state index is -3.51. The molecule has 1 atom stereocenters. The molecule has 9 nitrogen and oxygen atoms in total. The third-order valence-corrected chi connectivity index (χ3v) is 7.06. The number of amides is 2. The Hall–Kier alpha value is -2.63. The summed E-state index contributed by atoms with van der Waals surface area (Å²) in [5.41, 5.74) is 0.298. The summed E-state index contributed by atoms with van der Waals surface area (Å²) in [6.45, 7) is 6.23. The molecule has 36 heavy (non-hydrogen) atoms. The van der Waals surface area contributed by atoms with Gasteiger partial charge in [0.2, 0.25) is 10.0 Å². The van der Waals surface area contributed by atoms with Gasteiger partial charge in [-0.3, -0.25) is 0 Å². The molecular formula is C25H37N3O6S2. The number of rotatable bonds is 13. The zero-order valence-electron chi connectivity index (χ0n) is 21.4. The minimum absolute atomic E-state index is 0.106. The van der Waals surface area contributed by atoms with E-state index >= 15 is 0 Å². The standard InChI is InChI=1S/C25H37N3O6S2/c1-25(2,3)34-24(30)27-21(18-28(36(4,31)32)19-22-14-10-16-35-22)13-8-9-15-33-23(29)26-17-20-11-6-5-7-12-20/h5-7,10-12,14,16,21H,8-9,13,15,17-19H2,1-4H3,(H,26,29)(H,27,30)/t21-/m0/s1. The number of alkyl carbamates (subject to hydrolysis) is 2. The number of unbranched alkanes of at least 4 members (excludes halogenated alkanes) is 1. The van der Waals surface area contributed by atoms with Crippen molar-refractivity contribution in [3.63, 3.8) is 0 Å². The summed E-state index contributed by atoms with van der Waals surface area (Å²) in [5.74, 6) is 0. The van der Waals surface area contributed by atoms with Crippen molar-refractivity contribution in [3.8, 4) is 0 Å². The number of sulfonamides is 1. The fourth-order valence-corrected chi connectivity index (χ4v) is 4.93. The molecule has 0 aliphatic heterocycles. The predicted octanol–water partition coefficient (Wildman–Crippen LogP) is 4.50. The third kappa shape index (κ3) is 12.4. The van der Waals surface area contributed by atoms with Crippen LogP contribution in [0.25, 0.3) is 0 Å². The van der Waals surface area contributed by atoms with E-state index in [1.54, 1.807) is 20.8 Å². The lowest BCUT2D eigenvalue weighted by molar-refractivity contribution is 0.0494. The van der Waals surface area contributed by atoms with Gasteiger partial charge in [-0.2, -0.15) is 4.31 Å². The van der Waals surface area contributed by atoms with Crippen molar-refractivity contribution < 1.29 is 27.5 Å². The first kappa shape index (κ1) is 29.6. The van der Waals surface area contributed by atoms with Crippen LogP contribution in [-0.2, 0) is 32.6 Å². The summed E-state index contributed by atoms with van der Waals surface area (Å²) in [6.07, 6.45) is 1.73. The smallest absolute Gasteiger partial charge is 0.407 e. The van der Waals surface area contributed by atoms with Crippen molar-refractivity contribution in [1.82, 2.24) is 14.9 Å². The van der Waals surface area contributed by atoms with Crippen molar-refractivity contribution in [1.29, 1.82) is 0 Å². The van der Waals surface area contributed by atoms with E-state index in [1.165, 1.54) is 15.6 Å². The van der Waals surface area contributed by atoms with Crippen LogP contribution in [0.15, 0.2) is 47.8 Å². The maximum atomic E-state index is 12.4. The predicted molar refractivity (Wildman–Crippen MR) is 141 cm³/mol. The van der Waals surface area contributed by atoms with Crippen LogP contribution in [0, 0.1) is 0 Å². The van der Waals surface area contributed by atoms with Gasteiger partial charge >= 0.3 is 12.2 Å². The molecule has 11 heteroatoms. The Bertz CT molecular complexity index is 1040. The molecule has 0 aliphatic carbocycles. The number of nitrogens with zero attached hydrogens (tertiary/aromatic N) is 1. The molecule has 0 spiro atoms. The molecule has 2 aromatic rings. The first-order valence-electron chi connectivity index (χ1n) is 11.8. The molecule has 1 heterocycles. The summed E-state index contributed by atoms with van der Waals surface area (Å²) < 4.78 is 36.8. The topological polar surface area (TPSA) is 114 Å². The van der Waals surface area contributed by atoms with E-state index in [9.17, 15) is 18.0 Å². The van der Waals surface area contributed by atoms with Gasteiger partial charge in [0.15, 0.2) is 0 Å². The second kappa shape index (κ2) is 14.2. The zero-order chi connectivity index (χ0) is 26.6. The number of ether oxygens (including phenoxy) is 2. The van der Waals surface area contributed by atoms with Crippen molar-refractivity contribution in [2.45, 2.75) is 64.8 Å². The van der Waals surface area contributed by atoms with Gasteiger partial charge in [0.25, 0.3) is 0 Å². The third-order valence-electron chi connectivity index (χ3n) is 4.99. The normalized spacial score (nSPS) is 12.7. The van der Waals surface area contributed by atoms with Crippen LogP contribution >= 0.6 is 11.3 Å². The van der Waals surface area contributed by atoms with Crippen LogP contribution in [0.1, 0.15) is 50.5 Å². The lowest BCUT2D eigenvalue weighted by Gasteiger charge is -2.28. The Labute approximate surface area is 218 Å². The van der Waals surface area contributed by atoms with Crippen LogP contribution in [-0.4, -0.2) is 56.0 Å². The van der Waals surface area contributed by atoms with Gasteiger partial charge in [-0.25, -0.2) is 18.0 Å².